The van der Waals surface area contributed by atoms with Crippen molar-refractivity contribution < 1.29 is 5.11 Å². The van der Waals surface area contributed by atoms with Gasteiger partial charge in [0.15, 0.2) is 0 Å². The van der Waals surface area contributed by atoms with Crippen LogP contribution >= 0.6 is 0 Å². The van der Waals surface area contributed by atoms with Crippen molar-refractivity contribution in [2.24, 2.45) is 16.7 Å². The third kappa shape index (κ3) is 3.51. The first-order chi connectivity index (χ1) is 8.03. The maximum absolute atomic E-state index is 9.44. The van der Waals surface area contributed by atoms with Crippen LogP contribution in [0.5, 0.6) is 5.75 Å². The predicted molar refractivity (Wildman–Crippen MR) is 78.9 cm³/mol. The van der Waals surface area contributed by atoms with Crippen LogP contribution in [0, 0.1) is 16.7 Å². The fraction of sp³-hybridized carbons (Fsp3) is 0.647. The molecule has 0 aliphatic carbocycles. The summed E-state index contributed by atoms with van der Waals surface area (Å²) >= 11 is 0. The first kappa shape index (κ1) is 15.1. The van der Waals surface area contributed by atoms with Crippen LogP contribution in [0.4, 0.5) is 0 Å². The lowest BCUT2D eigenvalue weighted by molar-refractivity contribution is 0.142. The lowest BCUT2D eigenvalue weighted by atomic mass is 9.63. The summed E-state index contributed by atoms with van der Waals surface area (Å²) in [5, 5.41) is 9.44. The third-order valence-corrected chi connectivity index (χ3v) is 4.05. The van der Waals surface area contributed by atoms with Crippen LogP contribution in [0.1, 0.15) is 59.9 Å². The Morgan fingerprint density at radius 2 is 1.28 bits per heavy atom. The molecule has 1 nitrogen and oxygen atoms in total. The molecule has 0 saturated heterocycles. The summed E-state index contributed by atoms with van der Waals surface area (Å²) in [6, 6.07) is 7.72. The van der Waals surface area contributed by atoms with Crippen LogP contribution in [0.25, 0.3) is 0 Å². The van der Waals surface area contributed by atoms with Crippen LogP contribution in [0.3, 0.4) is 0 Å². The average molecular weight is 248 g/mol. The van der Waals surface area contributed by atoms with Crippen LogP contribution in [-0.4, -0.2) is 5.11 Å². The normalized spacial score (nSPS) is 16.4. The molecule has 1 heteroatoms. The molecule has 0 spiro atoms. The number of rotatable bonds is 2. The topological polar surface area (TPSA) is 20.2 Å². The van der Waals surface area contributed by atoms with E-state index in [0.717, 1.165) is 0 Å². The van der Waals surface area contributed by atoms with Crippen molar-refractivity contribution >= 4 is 0 Å². The number of aromatic hydroxyl groups is 1. The highest BCUT2D eigenvalue weighted by Crippen LogP contribution is 2.47. The zero-order chi connectivity index (χ0) is 14.1. The first-order valence-electron chi connectivity index (χ1n) is 6.82. The Bertz CT molecular complexity index is 376. The van der Waals surface area contributed by atoms with Crippen LogP contribution < -0.4 is 0 Å². The van der Waals surface area contributed by atoms with E-state index in [1.54, 1.807) is 12.1 Å². The molecular weight excluding hydrogens is 220 g/mol. The van der Waals surface area contributed by atoms with Gasteiger partial charge in [-0.15, -0.1) is 0 Å². The molecule has 1 rings (SSSR count). The number of hydrogen-bond donors (Lipinski definition) is 1. The van der Waals surface area contributed by atoms with E-state index >= 15 is 0 Å². The van der Waals surface area contributed by atoms with Gasteiger partial charge >= 0.3 is 0 Å². The second-order valence-corrected chi connectivity index (χ2v) is 7.59. The summed E-state index contributed by atoms with van der Waals surface area (Å²) in [4.78, 5) is 0. The van der Waals surface area contributed by atoms with Gasteiger partial charge in [-0.3, -0.25) is 0 Å². The fourth-order valence-electron chi connectivity index (χ4n) is 2.72. The minimum atomic E-state index is 0.212. The Morgan fingerprint density at radius 3 is 1.61 bits per heavy atom. The van der Waals surface area contributed by atoms with Crippen molar-refractivity contribution in [3.8, 4) is 5.75 Å². The van der Waals surface area contributed by atoms with Crippen LogP contribution in [0.15, 0.2) is 24.3 Å². The molecule has 18 heavy (non-hydrogen) atoms. The number of hydrogen-bond acceptors (Lipinski definition) is 1. The van der Waals surface area contributed by atoms with Gasteiger partial charge in [0.05, 0.1) is 0 Å². The zero-order valence-electron chi connectivity index (χ0n) is 12.9. The lowest BCUT2D eigenvalue weighted by Crippen LogP contribution is -2.32. The highest BCUT2D eigenvalue weighted by molar-refractivity contribution is 5.30. The molecule has 0 heterocycles. The molecule has 102 valence electrons. The maximum Gasteiger partial charge on any atom is 0.115 e. The number of benzene rings is 1. The third-order valence-electron chi connectivity index (χ3n) is 4.05. The van der Waals surface area contributed by atoms with E-state index in [2.05, 4.69) is 60.6 Å². The van der Waals surface area contributed by atoms with Gasteiger partial charge in [0.2, 0.25) is 0 Å². The molecule has 0 bridgehead atoms. The van der Waals surface area contributed by atoms with Gasteiger partial charge in [0.25, 0.3) is 0 Å². The van der Waals surface area contributed by atoms with Gasteiger partial charge in [-0.25, -0.2) is 0 Å². The molecular formula is C17H28O. The summed E-state index contributed by atoms with van der Waals surface area (Å²) in [5.74, 6) is 1.40. The van der Waals surface area contributed by atoms with Crippen molar-refractivity contribution in [1.29, 1.82) is 0 Å². The molecule has 1 aromatic carbocycles. The fourth-order valence-corrected chi connectivity index (χ4v) is 2.72. The van der Waals surface area contributed by atoms with Crippen molar-refractivity contribution in [2.75, 3.05) is 0 Å². The predicted octanol–water partition coefficient (Wildman–Crippen LogP) is 5.20. The van der Waals surface area contributed by atoms with Gasteiger partial charge < -0.3 is 5.11 Å². The molecule has 0 fully saturated rings. The van der Waals surface area contributed by atoms with Gasteiger partial charge in [-0.05, 0) is 40.4 Å². The van der Waals surface area contributed by atoms with E-state index in [9.17, 15) is 5.11 Å². The summed E-state index contributed by atoms with van der Waals surface area (Å²) < 4.78 is 0. The molecule has 0 radical (unpaired) electrons. The summed E-state index contributed by atoms with van der Waals surface area (Å²) in [5.41, 5.74) is 1.81. The average Bonchev–Trinajstić information content (AvgIpc) is 2.17. The quantitative estimate of drug-likeness (QED) is 0.762. The van der Waals surface area contributed by atoms with E-state index in [4.69, 9.17) is 0 Å². The molecule has 0 aliphatic heterocycles. The molecule has 0 amide bonds. The molecule has 0 saturated carbocycles. The van der Waals surface area contributed by atoms with Crippen molar-refractivity contribution in [1.82, 2.24) is 0 Å². The zero-order valence-corrected chi connectivity index (χ0v) is 12.9. The Kier molecular flexibility index (Phi) is 4.15. The largest absolute Gasteiger partial charge is 0.508 e. The Morgan fingerprint density at radius 1 is 0.833 bits per heavy atom. The van der Waals surface area contributed by atoms with E-state index < -0.39 is 0 Å². The Labute approximate surface area is 112 Å². The van der Waals surface area contributed by atoms with Crippen LogP contribution in [0.2, 0.25) is 0 Å². The smallest absolute Gasteiger partial charge is 0.115 e. The first-order valence-corrected chi connectivity index (χ1v) is 6.82. The molecule has 0 aliphatic rings. The highest BCUT2D eigenvalue weighted by Gasteiger charge is 2.36. The molecule has 2 atom stereocenters. The monoisotopic (exact) mass is 248 g/mol. The number of phenols is 1. The SMILES string of the molecule is CC(C(c1ccc(O)cc1)C(C)(C)C)C(C)(C)C. The lowest BCUT2D eigenvalue weighted by Gasteiger charge is -2.42. The minimum absolute atomic E-state index is 0.212. The Balaban J connectivity index is 3.19. The van der Waals surface area contributed by atoms with Crippen LogP contribution in [-0.2, 0) is 0 Å². The van der Waals surface area contributed by atoms with Gasteiger partial charge in [0.1, 0.15) is 5.75 Å². The minimum Gasteiger partial charge on any atom is -0.508 e. The number of phenolic OH excluding ortho intramolecular Hbond substituents is 1. The highest BCUT2D eigenvalue weighted by atomic mass is 16.3. The van der Waals surface area contributed by atoms with E-state index in [1.807, 2.05) is 0 Å². The standard InChI is InChI=1S/C17H28O/c1-12(16(2,3)4)15(17(5,6)7)13-8-10-14(18)11-9-13/h8-12,15,18H,1-7H3. The summed E-state index contributed by atoms with van der Waals surface area (Å²) in [7, 11) is 0. The van der Waals surface area contributed by atoms with Crippen molar-refractivity contribution in [3.63, 3.8) is 0 Å². The van der Waals surface area contributed by atoms with E-state index in [-0.39, 0.29) is 10.8 Å². The summed E-state index contributed by atoms with van der Waals surface area (Å²) in [6.45, 7) is 16.1. The van der Waals surface area contributed by atoms with Gasteiger partial charge in [-0.1, -0.05) is 60.6 Å². The van der Waals surface area contributed by atoms with Gasteiger partial charge in [-0.2, -0.15) is 0 Å². The van der Waals surface area contributed by atoms with Gasteiger partial charge in [0, 0.05) is 0 Å². The second kappa shape index (κ2) is 4.95. The van der Waals surface area contributed by atoms with E-state index in [0.29, 0.717) is 17.6 Å². The molecule has 0 aromatic heterocycles. The Hall–Kier alpha value is -0.980. The maximum atomic E-state index is 9.44. The molecule has 1 N–H and O–H groups in total. The molecule has 1 aromatic rings. The summed E-state index contributed by atoms with van der Waals surface area (Å²) in [6.07, 6.45) is 0. The van der Waals surface area contributed by atoms with Crippen molar-refractivity contribution in [2.45, 2.75) is 54.4 Å². The van der Waals surface area contributed by atoms with E-state index in [1.165, 1.54) is 5.56 Å². The second-order valence-electron chi connectivity index (χ2n) is 7.59. The molecule has 2 unspecified atom stereocenters. The van der Waals surface area contributed by atoms with Crippen molar-refractivity contribution in [3.05, 3.63) is 29.8 Å².